The molecule has 0 radical (unpaired) electrons. The highest BCUT2D eigenvalue weighted by atomic mass is 16.5. The fourth-order valence-corrected chi connectivity index (χ4v) is 1.78. The Bertz CT molecular complexity index is 611. The maximum Gasteiger partial charge on any atom is 0.178 e. The number of methoxy groups -OCH3 is 2. The topological polar surface area (TPSA) is 60.1 Å². The Hall–Kier alpha value is -2.48. The van der Waals surface area contributed by atoms with Crippen LogP contribution < -0.4 is 9.47 Å². The normalized spacial score (nSPS) is 9.89. The van der Waals surface area contributed by atoms with Crippen molar-refractivity contribution >= 4 is 0 Å². The van der Waals surface area contributed by atoms with Gasteiger partial charge in [0.05, 0.1) is 26.0 Å². The third-order valence-electron chi connectivity index (χ3n) is 2.64. The van der Waals surface area contributed by atoms with E-state index >= 15 is 0 Å². The van der Waals surface area contributed by atoms with Gasteiger partial charge >= 0.3 is 0 Å². The molecule has 5 heteroatoms. The van der Waals surface area contributed by atoms with E-state index in [2.05, 4.69) is 11.2 Å². The molecular weight excluding hydrogens is 230 g/mol. The highest BCUT2D eigenvalue weighted by molar-refractivity contribution is 5.70. The number of hydrogen-bond acceptors (Lipinski definition) is 4. The zero-order valence-corrected chi connectivity index (χ0v) is 10.5. The monoisotopic (exact) mass is 243 g/mol. The van der Waals surface area contributed by atoms with Crippen LogP contribution in [-0.4, -0.2) is 24.0 Å². The molecule has 1 heterocycles. The number of ether oxygens (including phenoxy) is 2. The highest BCUT2D eigenvalue weighted by Crippen LogP contribution is 2.35. The lowest BCUT2D eigenvalue weighted by molar-refractivity contribution is 0.354. The van der Waals surface area contributed by atoms with E-state index in [1.165, 1.54) is 7.11 Å². The molecule has 2 aromatic rings. The predicted molar refractivity (Wildman–Crippen MR) is 66.5 cm³/mol. The summed E-state index contributed by atoms with van der Waals surface area (Å²) in [6, 6.07) is 5.70. The lowest BCUT2D eigenvalue weighted by Crippen LogP contribution is -1.94. The van der Waals surface area contributed by atoms with E-state index < -0.39 is 0 Å². The first-order valence-corrected chi connectivity index (χ1v) is 5.34. The van der Waals surface area contributed by atoms with Gasteiger partial charge in [-0.15, -0.1) is 0 Å². The van der Waals surface area contributed by atoms with Gasteiger partial charge in [0.25, 0.3) is 0 Å². The number of benzene rings is 1. The standard InChI is InChI=1S/C13H13N3O2/c1-16-8-11(7-15-16)9-4-10(6-14)13(18-3)12(5-9)17-2/h4-5,7-8H,1-3H3. The molecule has 0 bridgehead atoms. The summed E-state index contributed by atoms with van der Waals surface area (Å²) in [5.41, 5.74) is 2.24. The minimum Gasteiger partial charge on any atom is -0.493 e. The van der Waals surface area contributed by atoms with Gasteiger partial charge < -0.3 is 9.47 Å². The molecule has 0 aliphatic rings. The van der Waals surface area contributed by atoms with Crippen LogP contribution in [-0.2, 0) is 7.05 Å². The minimum absolute atomic E-state index is 0.440. The summed E-state index contributed by atoms with van der Waals surface area (Å²) in [5, 5.41) is 13.2. The van der Waals surface area contributed by atoms with Crippen LogP contribution in [0.3, 0.4) is 0 Å². The van der Waals surface area contributed by atoms with E-state index in [4.69, 9.17) is 14.7 Å². The van der Waals surface area contributed by atoms with Crippen molar-refractivity contribution in [1.82, 2.24) is 9.78 Å². The number of rotatable bonds is 3. The van der Waals surface area contributed by atoms with E-state index in [9.17, 15) is 0 Å². The molecule has 5 nitrogen and oxygen atoms in total. The molecule has 0 aliphatic carbocycles. The van der Waals surface area contributed by atoms with Crippen LogP contribution in [0, 0.1) is 11.3 Å². The average molecular weight is 243 g/mol. The molecule has 2 rings (SSSR count). The SMILES string of the molecule is COc1cc(-c2cnn(C)c2)cc(C#N)c1OC. The Balaban J connectivity index is 2.61. The molecule has 0 saturated heterocycles. The van der Waals surface area contributed by atoms with Crippen molar-refractivity contribution in [2.75, 3.05) is 14.2 Å². The molecule has 18 heavy (non-hydrogen) atoms. The van der Waals surface area contributed by atoms with E-state index in [0.29, 0.717) is 17.1 Å². The molecule has 0 amide bonds. The first kappa shape index (κ1) is 12.0. The maximum absolute atomic E-state index is 9.14. The van der Waals surface area contributed by atoms with Crippen LogP contribution in [0.15, 0.2) is 24.5 Å². The summed E-state index contributed by atoms with van der Waals surface area (Å²) < 4.78 is 12.1. The first-order chi connectivity index (χ1) is 8.69. The van der Waals surface area contributed by atoms with E-state index in [0.717, 1.165) is 11.1 Å². The fourth-order valence-electron chi connectivity index (χ4n) is 1.78. The summed E-state index contributed by atoms with van der Waals surface area (Å²) in [5.74, 6) is 0.989. The Labute approximate surface area is 105 Å². The van der Waals surface area contributed by atoms with Gasteiger partial charge in [-0.25, -0.2) is 0 Å². The van der Waals surface area contributed by atoms with Crippen molar-refractivity contribution in [3.63, 3.8) is 0 Å². The third-order valence-corrected chi connectivity index (χ3v) is 2.64. The van der Waals surface area contributed by atoms with Gasteiger partial charge in [-0.3, -0.25) is 4.68 Å². The summed E-state index contributed by atoms with van der Waals surface area (Å²) in [6.45, 7) is 0. The maximum atomic E-state index is 9.14. The van der Waals surface area contributed by atoms with Gasteiger partial charge in [0.2, 0.25) is 0 Å². The van der Waals surface area contributed by atoms with E-state index in [-0.39, 0.29) is 0 Å². The quantitative estimate of drug-likeness (QED) is 0.827. The van der Waals surface area contributed by atoms with Crippen LogP contribution in [0.25, 0.3) is 11.1 Å². The van der Waals surface area contributed by atoms with Crippen molar-refractivity contribution in [1.29, 1.82) is 5.26 Å². The number of nitriles is 1. The molecular formula is C13H13N3O2. The summed E-state index contributed by atoms with van der Waals surface area (Å²) >= 11 is 0. The van der Waals surface area contributed by atoms with Crippen molar-refractivity contribution < 1.29 is 9.47 Å². The number of aryl methyl sites for hydroxylation is 1. The summed E-state index contributed by atoms with van der Waals surface area (Å²) in [7, 11) is 4.91. The molecule has 0 fully saturated rings. The van der Waals surface area contributed by atoms with Crippen LogP contribution in [0.1, 0.15) is 5.56 Å². The van der Waals surface area contributed by atoms with E-state index in [1.807, 2.05) is 19.3 Å². The van der Waals surface area contributed by atoms with Crippen LogP contribution in [0.5, 0.6) is 11.5 Å². The lowest BCUT2D eigenvalue weighted by atomic mass is 10.0. The lowest BCUT2D eigenvalue weighted by Gasteiger charge is -2.10. The molecule has 0 spiro atoms. The zero-order valence-electron chi connectivity index (χ0n) is 10.5. The van der Waals surface area contributed by atoms with Crippen molar-refractivity contribution in [3.05, 3.63) is 30.1 Å². The van der Waals surface area contributed by atoms with Crippen LogP contribution in [0.4, 0.5) is 0 Å². The van der Waals surface area contributed by atoms with Crippen LogP contribution >= 0.6 is 0 Å². The second-order valence-corrected chi connectivity index (χ2v) is 3.77. The Kier molecular flexibility index (Phi) is 3.20. The molecule has 1 aromatic carbocycles. The number of hydrogen-bond donors (Lipinski definition) is 0. The summed E-state index contributed by atoms with van der Waals surface area (Å²) in [6.07, 6.45) is 3.62. The summed E-state index contributed by atoms with van der Waals surface area (Å²) in [4.78, 5) is 0. The van der Waals surface area contributed by atoms with Crippen LogP contribution in [0.2, 0.25) is 0 Å². The van der Waals surface area contributed by atoms with Crippen molar-refractivity contribution in [2.45, 2.75) is 0 Å². The van der Waals surface area contributed by atoms with Gasteiger partial charge in [0.1, 0.15) is 6.07 Å². The first-order valence-electron chi connectivity index (χ1n) is 5.34. The third kappa shape index (κ3) is 2.00. The highest BCUT2D eigenvalue weighted by Gasteiger charge is 2.13. The van der Waals surface area contributed by atoms with E-state index in [1.54, 1.807) is 24.1 Å². The second kappa shape index (κ2) is 4.80. The molecule has 1 aromatic heterocycles. The fraction of sp³-hybridized carbons (Fsp3) is 0.231. The van der Waals surface area contributed by atoms with Gasteiger partial charge in [-0.1, -0.05) is 0 Å². The van der Waals surface area contributed by atoms with Gasteiger partial charge in [0, 0.05) is 18.8 Å². The van der Waals surface area contributed by atoms with Crippen molar-refractivity contribution in [2.24, 2.45) is 7.05 Å². The molecule has 0 N–H and O–H groups in total. The van der Waals surface area contributed by atoms with Gasteiger partial charge in [-0.2, -0.15) is 10.4 Å². The van der Waals surface area contributed by atoms with Gasteiger partial charge in [-0.05, 0) is 17.7 Å². The largest absolute Gasteiger partial charge is 0.493 e. The van der Waals surface area contributed by atoms with Gasteiger partial charge in [0.15, 0.2) is 11.5 Å². The molecule has 0 atom stereocenters. The second-order valence-electron chi connectivity index (χ2n) is 3.77. The number of nitrogens with zero attached hydrogens (tertiary/aromatic N) is 3. The minimum atomic E-state index is 0.440. The number of aromatic nitrogens is 2. The predicted octanol–water partition coefficient (Wildman–Crippen LogP) is 1.98. The average Bonchev–Trinajstić information content (AvgIpc) is 2.83. The Morgan fingerprint density at radius 2 is 2.00 bits per heavy atom. The molecule has 0 unspecified atom stereocenters. The Morgan fingerprint density at radius 3 is 2.50 bits per heavy atom. The zero-order chi connectivity index (χ0) is 13.1. The smallest absolute Gasteiger partial charge is 0.178 e. The Morgan fingerprint density at radius 1 is 1.22 bits per heavy atom. The molecule has 0 saturated carbocycles. The van der Waals surface area contributed by atoms with Crippen molar-refractivity contribution in [3.8, 4) is 28.7 Å². The molecule has 0 aliphatic heterocycles. The molecule has 92 valence electrons.